The van der Waals surface area contributed by atoms with E-state index in [2.05, 4.69) is 10.6 Å². The quantitative estimate of drug-likeness (QED) is 0.353. The molecule has 1 atom stereocenters. The highest BCUT2D eigenvalue weighted by molar-refractivity contribution is 6.10. The number of methoxy groups -OCH3 is 1. The zero-order chi connectivity index (χ0) is 26.6. The van der Waals surface area contributed by atoms with Crippen molar-refractivity contribution in [1.82, 2.24) is 15.5 Å². The number of allylic oxidation sites excluding steroid dienone is 1. The fourth-order valence-corrected chi connectivity index (χ4v) is 3.76. The summed E-state index contributed by atoms with van der Waals surface area (Å²) in [5, 5.41) is 5.42. The lowest BCUT2D eigenvalue weighted by Gasteiger charge is -2.27. The zero-order valence-corrected chi connectivity index (χ0v) is 21.6. The third kappa shape index (κ3) is 8.95. The van der Waals surface area contributed by atoms with Crippen molar-refractivity contribution < 1.29 is 28.6 Å². The molecule has 0 saturated carbocycles. The molecule has 1 aliphatic heterocycles. The van der Waals surface area contributed by atoms with Gasteiger partial charge in [0.15, 0.2) is 0 Å². The second kappa shape index (κ2) is 14.0. The number of hydrogen-bond acceptors (Lipinski definition) is 7. The third-order valence-electron chi connectivity index (χ3n) is 5.74. The topological polar surface area (TPSA) is 106 Å². The molecule has 37 heavy (non-hydrogen) atoms. The minimum absolute atomic E-state index is 0.0842. The number of morpholine rings is 1. The van der Waals surface area contributed by atoms with E-state index in [1.807, 2.05) is 49.1 Å². The summed E-state index contributed by atoms with van der Waals surface area (Å²) in [5.74, 6) is -0.118. The average Bonchev–Trinajstić information content (AvgIpc) is 2.91. The molecule has 9 nitrogen and oxygen atoms in total. The van der Waals surface area contributed by atoms with Gasteiger partial charge in [-0.3, -0.25) is 9.59 Å². The van der Waals surface area contributed by atoms with E-state index < -0.39 is 18.0 Å². The van der Waals surface area contributed by atoms with Crippen molar-refractivity contribution in [2.75, 3.05) is 33.4 Å². The van der Waals surface area contributed by atoms with Crippen molar-refractivity contribution in [1.29, 1.82) is 0 Å². The molecule has 2 aromatic carbocycles. The number of nitrogens with one attached hydrogen (secondary N) is 2. The summed E-state index contributed by atoms with van der Waals surface area (Å²) in [7, 11) is 1.55. The minimum atomic E-state index is -0.889. The molecule has 9 heteroatoms. The van der Waals surface area contributed by atoms with E-state index >= 15 is 0 Å². The van der Waals surface area contributed by atoms with E-state index in [0.29, 0.717) is 44.0 Å². The SMILES string of the molecule is COc1ccc(C(=O)/C(=C/N2CCOCC2)NC(=O)C(CC(C)C)NC(=O)OCc2ccccc2)cc1. The summed E-state index contributed by atoms with van der Waals surface area (Å²) in [6.45, 7) is 6.22. The molecule has 2 aromatic rings. The average molecular weight is 510 g/mol. The lowest BCUT2D eigenvalue weighted by molar-refractivity contribution is -0.122. The number of hydrogen-bond donors (Lipinski definition) is 2. The predicted molar refractivity (Wildman–Crippen MR) is 139 cm³/mol. The fourth-order valence-electron chi connectivity index (χ4n) is 3.76. The molecule has 0 aliphatic carbocycles. The van der Waals surface area contributed by atoms with Gasteiger partial charge in [-0.15, -0.1) is 0 Å². The Labute approximate surface area is 217 Å². The lowest BCUT2D eigenvalue weighted by Crippen LogP contribution is -2.48. The fraction of sp³-hybridized carbons (Fsp3) is 0.393. The maximum atomic E-state index is 13.4. The van der Waals surface area contributed by atoms with Crippen molar-refractivity contribution in [3.63, 3.8) is 0 Å². The Bertz CT molecular complexity index is 1060. The van der Waals surface area contributed by atoms with Crippen LogP contribution in [0.3, 0.4) is 0 Å². The lowest BCUT2D eigenvalue weighted by atomic mass is 10.0. The first-order valence-electron chi connectivity index (χ1n) is 12.4. The molecule has 1 saturated heterocycles. The number of carbonyl (C=O) groups is 3. The van der Waals surface area contributed by atoms with Gasteiger partial charge in [-0.2, -0.15) is 0 Å². The van der Waals surface area contributed by atoms with Crippen LogP contribution in [-0.4, -0.2) is 62.1 Å². The van der Waals surface area contributed by atoms with E-state index in [-0.39, 0.29) is 24.0 Å². The van der Waals surface area contributed by atoms with E-state index in [0.717, 1.165) is 5.56 Å². The number of amides is 2. The number of ketones is 1. The van der Waals surface area contributed by atoms with Crippen LogP contribution in [0.25, 0.3) is 0 Å². The number of Topliss-reactive ketones (excluding diaryl/α,β-unsaturated/α-hetero) is 1. The van der Waals surface area contributed by atoms with Crippen molar-refractivity contribution in [2.24, 2.45) is 5.92 Å². The van der Waals surface area contributed by atoms with Crippen molar-refractivity contribution in [3.05, 3.63) is 77.6 Å². The van der Waals surface area contributed by atoms with Gasteiger partial charge >= 0.3 is 6.09 Å². The Morgan fingerprint density at radius 1 is 1.03 bits per heavy atom. The standard InChI is InChI=1S/C28H35N3O6/c1-20(2)17-24(30-28(34)37-19-21-7-5-4-6-8-21)27(33)29-25(18-31-13-15-36-16-14-31)26(32)22-9-11-23(35-3)12-10-22/h4-12,18,20,24H,13-17,19H2,1-3H3,(H,29,33)(H,30,34)/b25-18-. The summed E-state index contributed by atoms with van der Waals surface area (Å²) >= 11 is 0. The first-order chi connectivity index (χ1) is 17.9. The van der Waals surface area contributed by atoms with E-state index in [4.69, 9.17) is 14.2 Å². The molecule has 0 spiro atoms. The monoisotopic (exact) mass is 509 g/mol. The van der Waals surface area contributed by atoms with Gasteiger partial charge in [-0.1, -0.05) is 44.2 Å². The van der Waals surface area contributed by atoms with Crippen LogP contribution < -0.4 is 15.4 Å². The molecule has 198 valence electrons. The van der Waals surface area contributed by atoms with Crippen LogP contribution >= 0.6 is 0 Å². The van der Waals surface area contributed by atoms with Crippen LogP contribution in [0.4, 0.5) is 4.79 Å². The molecule has 0 aromatic heterocycles. The second-order valence-corrected chi connectivity index (χ2v) is 9.13. The highest BCUT2D eigenvalue weighted by Gasteiger charge is 2.26. The molecular weight excluding hydrogens is 474 g/mol. The molecule has 1 aliphatic rings. The Balaban J connectivity index is 1.74. The maximum absolute atomic E-state index is 13.4. The predicted octanol–water partition coefficient (Wildman–Crippen LogP) is 3.51. The zero-order valence-electron chi connectivity index (χ0n) is 21.6. The molecule has 1 fully saturated rings. The largest absolute Gasteiger partial charge is 0.497 e. The van der Waals surface area contributed by atoms with Crippen molar-refractivity contribution in [2.45, 2.75) is 32.9 Å². The Kier molecular flexibility index (Phi) is 10.5. The summed E-state index contributed by atoms with van der Waals surface area (Å²) < 4.78 is 15.9. The summed E-state index contributed by atoms with van der Waals surface area (Å²) in [5.41, 5.74) is 1.35. The van der Waals surface area contributed by atoms with Gasteiger partial charge in [-0.05, 0) is 42.2 Å². The Morgan fingerprint density at radius 3 is 2.32 bits per heavy atom. The van der Waals surface area contributed by atoms with Crippen LogP contribution in [-0.2, 0) is 20.9 Å². The normalized spacial score (nSPS) is 14.6. The molecule has 3 rings (SSSR count). The third-order valence-corrected chi connectivity index (χ3v) is 5.74. The number of nitrogens with zero attached hydrogens (tertiary/aromatic N) is 1. The number of rotatable bonds is 11. The van der Waals surface area contributed by atoms with Gasteiger partial charge in [0.25, 0.3) is 0 Å². The Morgan fingerprint density at radius 2 is 1.70 bits per heavy atom. The molecular formula is C28H35N3O6. The van der Waals surface area contributed by atoms with Gasteiger partial charge in [0.1, 0.15) is 24.1 Å². The van der Waals surface area contributed by atoms with Crippen LogP contribution in [0, 0.1) is 5.92 Å². The highest BCUT2D eigenvalue weighted by atomic mass is 16.5. The first kappa shape index (κ1) is 27.7. The van der Waals surface area contributed by atoms with E-state index in [1.165, 1.54) is 0 Å². The number of carbonyl (C=O) groups excluding carboxylic acids is 3. The molecule has 2 N–H and O–H groups in total. The van der Waals surface area contributed by atoms with Gasteiger partial charge < -0.3 is 29.7 Å². The van der Waals surface area contributed by atoms with Crippen molar-refractivity contribution in [3.8, 4) is 5.75 Å². The van der Waals surface area contributed by atoms with E-state index in [9.17, 15) is 14.4 Å². The molecule has 0 radical (unpaired) electrons. The minimum Gasteiger partial charge on any atom is -0.497 e. The van der Waals surface area contributed by atoms with Gasteiger partial charge in [0, 0.05) is 24.9 Å². The van der Waals surface area contributed by atoms with Crippen LogP contribution in [0.2, 0.25) is 0 Å². The molecule has 2 amide bonds. The van der Waals surface area contributed by atoms with Crippen molar-refractivity contribution >= 4 is 17.8 Å². The summed E-state index contributed by atoms with van der Waals surface area (Å²) in [6.07, 6.45) is 1.31. The molecule has 1 unspecified atom stereocenters. The maximum Gasteiger partial charge on any atom is 0.408 e. The van der Waals surface area contributed by atoms with Gasteiger partial charge in [0.2, 0.25) is 11.7 Å². The smallest absolute Gasteiger partial charge is 0.408 e. The van der Waals surface area contributed by atoms with Crippen LogP contribution in [0.5, 0.6) is 5.75 Å². The Hall–Kier alpha value is -3.85. The number of alkyl carbamates (subject to hydrolysis) is 1. The van der Waals surface area contributed by atoms with Gasteiger partial charge in [-0.25, -0.2) is 4.79 Å². The number of benzene rings is 2. The summed E-state index contributed by atoms with van der Waals surface area (Å²) in [6, 6.07) is 15.1. The first-order valence-corrected chi connectivity index (χ1v) is 12.4. The van der Waals surface area contributed by atoms with Gasteiger partial charge in [0.05, 0.1) is 20.3 Å². The van der Waals surface area contributed by atoms with Crippen LogP contribution in [0.1, 0.15) is 36.2 Å². The van der Waals surface area contributed by atoms with E-state index in [1.54, 1.807) is 37.6 Å². The highest BCUT2D eigenvalue weighted by Crippen LogP contribution is 2.16. The summed E-state index contributed by atoms with van der Waals surface area (Å²) in [4.78, 5) is 41.2. The number of ether oxygens (including phenoxy) is 3. The molecule has 1 heterocycles. The second-order valence-electron chi connectivity index (χ2n) is 9.13. The van der Waals surface area contributed by atoms with Crippen LogP contribution in [0.15, 0.2) is 66.5 Å². The molecule has 0 bridgehead atoms.